The summed E-state index contributed by atoms with van der Waals surface area (Å²) in [6, 6.07) is 15.4. The molecule has 2 nitrogen and oxygen atoms in total. The van der Waals surface area contributed by atoms with E-state index in [2.05, 4.69) is 19.1 Å². The third-order valence-electron chi connectivity index (χ3n) is 4.51. The van der Waals surface area contributed by atoms with Crippen molar-refractivity contribution in [1.29, 1.82) is 0 Å². The number of allylic oxidation sites excluding steroid dienone is 2. The molecular weight excluding hydrogens is 272 g/mol. The van der Waals surface area contributed by atoms with E-state index in [4.69, 9.17) is 4.74 Å². The SMILES string of the molecule is CC1C=CC(C2(O)c3ccccc3Oc3ccccc32)=CC1. The molecule has 0 bridgehead atoms. The molecule has 0 amide bonds. The Balaban J connectivity index is 1.97. The lowest BCUT2D eigenvalue weighted by Gasteiger charge is -2.38. The lowest BCUT2D eigenvalue weighted by molar-refractivity contribution is 0.111. The minimum Gasteiger partial charge on any atom is -0.457 e. The van der Waals surface area contributed by atoms with Crippen LogP contribution < -0.4 is 4.74 Å². The summed E-state index contributed by atoms with van der Waals surface area (Å²) in [6.45, 7) is 2.18. The first-order chi connectivity index (χ1) is 10.7. The number of aliphatic hydroxyl groups is 1. The van der Waals surface area contributed by atoms with E-state index in [1.165, 1.54) is 0 Å². The number of para-hydroxylation sites is 2. The van der Waals surface area contributed by atoms with E-state index >= 15 is 0 Å². The average molecular weight is 290 g/mol. The summed E-state index contributed by atoms with van der Waals surface area (Å²) in [7, 11) is 0. The minimum absolute atomic E-state index is 0.512. The molecule has 4 rings (SSSR count). The fourth-order valence-corrected chi connectivity index (χ4v) is 3.28. The van der Waals surface area contributed by atoms with Crippen molar-refractivity contribution in [2.24, 2.45) is 5.92 Å². The van der Waals surface area contributed by atoms with Crippen molar-refractivity contribution >= 4 is 0 Å². The molecule has 110 valence electrons. The van der Waals surface area contributed by atoms with E-state index in [0.717, 1.165) is 34.6 Å². The Hall–Kier alpha value is -2.32. The van der Waals surface area contributed by atoms with Crippen molar-refractivity contribution in [2.75, 3.05) is 0 Å². The summed E-state index contributed by atoms with van der Waals surface area (Å²) in [5, 5.41) is 11.7. The largest absolute Gasteiger partial charge is 0.457 e. The van der Waals surface area contributed by atoms with Crippen LogP contribution >= 0.6 is 0 Å². The fourth-order valence-electron chi connectivity index (χ4n) is 3.28. The van der Waals surface area contributed by atoms with Crippen LogP contribution in [0.4, 0.5) is 0 Å². The van der Waals surface area contributed by atoms with E-state index in [-0.39, 0.29) is 0 Å². The first-order valence-corrected chi connectivity index (χ1v) is 7.67. The predicted molar refractivity (Wildman–Crippen MR) is 87.0 cm³/mol. The van der Waals surface area contributed by atoms with E-state index in [1.54, 1.807) is 0 Å². The molecular formula is C20H18O2. The Labute approximate surface area is 130 Å². The van der Waals surface area contributed by atoms with Gasteiger partial charge < -0.3 is 9.84 Å². The fraction of sp³-hybridized carbons (Fsp3) is 0.200. The first-order valence-electron chi connectivity index (χ1n) is 7.67. The Kier molecular flexibility index (Phi) is 2.95. The van der Waals surface area contributed by atoms with Crippen LogP contribution in [0.25, 0.3) is 0 Å². The van der Waals surface area contributed by atoms with Crippen molar-refractivity contribution in [3.8, 4) is 11.5 Å². The molecule has 1 unspecified atom stereocenters. The van der Waals surface area contributed by atoms with Gasteiger partial charge in [0.1, 0.15) is 17.1 Å². The maximum atomic E-state index is 11.7. The highest BCUT2D eigenvalue weighted by atomic mass is 16.5. The molecule has 1 aliphatic heterocycles. The molecule has 0 radical (unpaired) electrons. The molecule has 1 heterocycles. The second kappa shape index (κ2) is 4.85. The van der Waals surface area contributed by atoms with E-state index < -0.39 is 5.60 Å². The second-order valence-electron chi connectivity index (χ2n) is 6.04. The Bertz CT molecular complexity index is 740. The van der Waals surface area contributed by atoms with Crippen molar-refractivity contribution in [1.82, 2.24) is 0 Å². The molecule has 1 N–H and O–H groups in total. The van der Waals surface area contributed by atoms with Gasteiger partial charge in [0.05, 0.1) is 0 Å². The standard InChI is InChI=1S/C20H18O2/c1-14-10-12-15(13-11-14)20(21)16-6-2-4-8-18(16)22-19-9-5-3-7-17(19)20/h2-10,12-14,21H,11H2,1H3. The average Bonchev–Trinajstić information content (AvgIpc) is 2.56. The van der Waals surface area contributed by atoms with Crippen LogP contribution in [0.15, 0.2) is 72.3 Å². The van der Waals surface area contributed by atoms with Crippen LogP contribution in [-0.4, -0.2) is 5.11 Å². The van der Waals surface area contributed by atoms with Gasteiger partial charge in [0, 0.05) is 11.1 Å². The van der Waals surface area contributed by atoms with Gasteiger partial charge in [-0.3, -0.25) is 0 Å². The molecule has 0 aromatic heterocycles. The molecule has 1 aliphatic carbocycles. The molecule has 0 fully saturated rings. The Morgan fingerprint density at radius 1 is 1.00 bits per heavy atom. The van der Waals surface area contributed by atoms with Gasteiger partial charge in [-0.05, 0) is 30.0 Å². The summed E-state index contributed by atoms with van der Waals surface area (Å²) in [4.78, 5) is 0. The van der Waals surface area contributed by atoms with Gasteiger partial charge in [0.15, 0.2) is 0 Å². The number of ether oxygens (including phenoxy) is 1. The van der Waals surface area contributed by atoms with Crippen LogP contribution in [0.5, 0.6) is 11.5 Å². The number of hydrogen-bond donors (Lipinski definition) is 1. The molecule has 0 spiro atoms. The highest BCUT2D eigenvalue weighted by Gasteiger charge is 2.42. The van der Waals surface area contributed by atoms with Crippen molar-refractivity contribution < 1.29 is 9.84 Å². The molecule has 0 saturated heterocycles. The quantitative estimate of drug-likeness (QED) is 0.835. The van der Waals surface area contributed by atoms with Crippen LogP contribution in [0.2, 0.25) is 0 Å². The van der Waals surface area contributed by atoms with Crippen LogP contribution in [0, 0.1) is 5.92 Å². The van der Waals surface area contributed by atoms with E-state index in [0.29, 0.717) is 5.92 Å². The summed E-state index contributed by atoms with van der Waals surface area (Å²) in [6.07, 6.45) is 7.30. The van der Waals surface area contributed by atoms with Crippen molar-refractivity contribution in [3.63, 3.8) is 0 Å². The third kappa shape index (κ3) is 1.84. The van der Waals surface area contributed by atoms with Gasteiger partial charge in [0.2, 0.25) is 0 Å². The number of fused-ring (bicyclic) bond motifs is 2. The highest BCUT2D eigenvalue weighted by Crippen LogP contribution is 2.50. The molecule has 1 atom stereocenters. The van der Waals surface area contributed by atoms with Crippen molar-refractivity contribution in [3.05, 3.63) is 83.5 Å². The van der Waals surface area contributed by atoms with Gasteiger partial charge in [-0.1, -0.05) is 61.5 Å². The molecule has 0 saturated carbocycles. The van der Waals surface area contributed by atoms with Gasteiger partial charge in [-0.15, -0.1) is 0 Å². The molecule has 2 heteroatoms. The smallest absolute Gasteiger partial charge is 0.147 e. The predicted octanol–water partition coefficient (Wildman–Crippen LogP) is 4.55. The maximum absolute atomic E-state index is 11.7. The normalized spacial score (nSPS) is 21.4. The zero-order chi connectivity index (χ0) is 15.2. The van der Waals surface area contributed by atoms with Crippen molar-refractivity contribution in [2.45, 2.75) is 18.9 Å². The summed E-state index contributed by atoms with van der Waals surface area (Å²) in [5.74, 6) is 1.95. The highest BCUT2D eigenvalue weighted by molar-refractivity contribution is 5.62. The van der Waals surface area contributed by atoms with Gasteiger partial charge >= 0.3 is 0 Å². The third-order valence-corrected chi connectivity index (χ3v) is 4.51. The van der Waals surface area contributed by atoms with E-state index in [1.807, 2.05) is 54.6 Å². The lowest BCUT2D eigenvalue weighted by Crippen LogP contribution is -2.33. The van der Waals surface area contributed by atoms with Crippen LogP contribution in [0.1, 0.15) is 24.5 Å². The number of benzene rings is 2. The van der Waals surface area contributed by atoms with Gasteiger partial charge in [-0.25, -0.2) is 0 Å². The molecule has 2 aromatic rings. The number of rotatable bonds is 1. The minimum atomic E-state index is -1.15. The molecule has 22 heavy (non-hydrogen) atoms. The van der Waals surface area contributed by atoms with Gasteiger partial charge in [0.25, 0.3) is 0 Å². The van der Waals surface area contributed by atoms with Gasteiger partial charge in [-0.2, -0.15) is 0 Å². The zero-order valence-electron chi connectivity index (χ0n) is 12.5. The zero-order valence-corrected chi connectivity index (χ0v) is 12.5. The van der Waals surface area contributed by atoms with E-state index in [9.17, 15) is 5.11 Å². The monoisotopic (exact) mass is 290 g/mol. The maximum Gasteiger partial charge on any atom is 0.147 e. The Morgan fingerprint density at radius 3 is 2.14 bits per heavy atom. The van der Waals surface area contributed by atoms with Crippen LogP contribution in [-0.2, 0) is 5.60 Å². The first kappa shape index (κ1) is 13.4. The second-order valence-corrected chi connectivity index (χ2v) is 6.04. The lowest BCUT2D eigenvalue weighted by atomic mass is 9.75. The summed E-state index contributed by atoms with van der Waals surface area (Å²) in [5.41, 5.74) is 1.38. The topological polar surface area (TPSA) is 29.5 Å². The number of hydrogen-bond acceptors (Lipinski definition) is 2. The molecule has 2 aromatic carbocycles. The molecule has 2 aliphatic rings. The summed E-state index contributed by atoms with van der Waals surface area (Å²) < 4.78 is 5.97. The van der Waals surface area contributed by atoms with Crippen LogP contribution in [0.3, 0.4) is 0 Å². The summed E-state index contributed by atoms with van der Waals surface area (Å²) >= 11 is 0. The Morgan fingerprint density at radius 2 is 1.59 bits per heavy atom.